The van der Waals surface area contributed by atoms with Gasteiger partial charge in [0.25, 0.3) is 5.91 Å². The average Bonchev–Trinajstić information content (AvgIpc) is 2.78. The summed E-state index contributed by atoms with van der Waals surface area (Å²) in [5, 5.41) is 5.07. The summed E-state index contributed by atoms with van der Waals surface area (Å²) < 4.78 is 0.807. The van der Waals surface area contributed by atoms with Crippen LogP contribution in [0.1, 0.15) is 18.5 Å². The highest BCUT2D eigenvalue weighted by Gasteiger charge is 2.38. The first-order valence-electron chi connectivity index (χ1n) is 7.69. The van der Waals surface area contributed by atoms with Crippen LogP contribution in [0, 0.1) is 0 Å². The highest BCUT2D eigenvalue weighted by atomic mass is 79.9. The van der Waals surface area contributed by atoms with Crippen molar-refractivity contribution in [3.05, 3.63) is 28.2 Å². The molecule has 1 aliphatic rings. The van der Waals surface area contributed by atoms with E-state index in [4.69, 9.17) is 0 Å². The third-order valence-corrected chi connectivity index (χ3v) is 4.24. The van der Waals surface area contributed by atoms with Crippen LogP contribution in [-0.4, -0.2) is 56.4 Å². The minimum Gasteiger partial charge on any atom is -0.347 e. The second-order valence-corrected chi connectivity index (χ2v) is 6.67. The molecule has 2 rings (SSSR count). The number of carbonyl (C=O) groups excluding carboxylic acids is 3. The molecule has 3 amide bonds. The molecule has 0 radical (unpaired) electrons. The van der Waals surface area contributed by atoms with Crippen LogP contribution in [0.15, 0.2) is 22.7 Å². The van der Waals surface area contributed by atoms with Gasteiger partial charge in [-0.25, -0.2) is 0 Å². The number of carbonyl (C=O) groups is 3. The van der Waals surface area contributed by atoms with Gasteiger partial charge in [0.1, 0.15) is 6.04 Å². The van der Waals surface area contributed by atoms with Gasteiger partial charge >= 0.3 is 11.8 Å². The summed E-state index contributed by atoms with van der Waals surface area (Å²) in [6.45, 7) is 3.35. The molecule has 8 heteroatoms. The Morgan fingerprint density at radius 3 is 2.62 bits per heavy atom. The lowest BCUT2D eigenvalue weighted by Gasteiger charge is -2.15. The fourth-order valence-electron chi connectivity index (χ4n) is 2.55. The van der Waals surface area contributed by atoms with Crippen molar-refractivity contribution in [1.82, 2.24) is 15.5 Å². The zero-order chi connectivity index (χ0) is 17.9. The number of anilines is 1. The molecular weight excluding hydrogens is 376 g/mol. The van der Waals surface area contributed by atoms with Gasteiger partial charge < -0.3 is 20.4 Å². The number of hydrogen-bond donors (Lipinski definition) is 2. The van der Waals surface area contributed by atoms with Crippen molar-refractivity contribution in [3.63, 3.8) is 0 Å². The van der Waals surface area contributed by atoms with Crippen LogP contribution in [0.25, 0.3) is 0 Å². The number of rotatable bonds is 5. The zero-order valence-corrected chi connectivity index (χ0v) is 15.5. The first-order valence-corrected chi connectivity index (χ1v) is 8.48. The lowest BCUT2D eigenvalue weighted by atomic mass is 10.1. The Labute approximate surface area is 149 Å². The number of halogens is 1. The summed E-state index contributed by atoms with van der Waals surface area (Å²) in [7, 11) is 3.75. The van der Waals surface area contributed by atoms with E-state index >= 15 is 0 Å². The Hall–Kier alpha value is -1.93. The maximum absolute atomic E-state index is 12.5. The van der Waals surface area contributed by atoms with Crippen LogP contribution in [-0.2, 0) is 14.4 Å². The summed E-state index contributed by atoms with van der Waals surface area (Å²) in [6.07, 6.45) is 0. The largest absolute Gasteiger partial charge is 0.347 e. The van der Waals surface area contributed by atoms with Gasteiger partial charge in [-0.3, -0.25) is 14.4 Å². The van der Waals surface area contributed by atoms with Crippen molar-refractivity contribution < 1.29 is 14.4 Å². The van der Waals surface area contributed by atoms with Gasteiger partial charge in [0.15, 0.2) is 0 Å². The van der Waals surface area contributed by atoms with E-state index in [0.717, 1.165) is 10.2 Å². The zero-order valence-electron chi connectivity index (χ0n) is 13.9. The van der Waals surface area contributed by atoms with Crippen molar-refractivity contribution in [1.29, 1.82) is 0 Å². The number of nitrogens with zero attached hydrogens (tertiary/aromatic N) is 2. The number of amides is 3. The second kappa shape index (κ2) is 7.76. The van der Waals surface area contributed by atoms with Crippen LogP contribution in [0.2, 0.25) is 0 Å². The van der Waals surface area contributed by atoms with Gasteiger partial charge in [-0.2, -0.15) is 0 Å². The monoisotopic (exact) mass is 396 g/mol. The molecule has 7 nitrogen and oxygen atoms in total. The fourth-order valence-corrected chi connectivity index (χ4v) is 2.92. The van der Waals surface area contributed by atoms with E-state index in [2.05, 4.69) is 26.6 Å². The number of nitrogens with one attached hydrogen (secondary N) is 2. The van der Waals surface area contributed by atoms with Crippen LogP contribution in [0.4, 0.5) is 5.69 Å². The Balaban J connectivity index is 2.09. The minimum atomic E-state index is -0.843. The van der Waals surface area contributed by atoms with Gasteiger partial charge in [0.2, 0.25) is 0 Å². The van der Waals surface area contributed by atoms with Gasteiger partial charge in [0.05, 0.1) is 0 Å². The fraction of sp³-hybridized carbons (Fsp3) is 0.438. The van der Waals surface area contributed by atoms with E-state index in [1.54, 1.807) is 11.0 Å². The Bertz CT molecular complexity index is 663. The predicted molar refractivity (Wildman–Crippen MR) is 94.6 cm³/mol. The molecular formula is C16H21BrN4O3. The summed E-state index contributed by atoms with van der Waals surface area (Å²) in [5.74, 6) is -1.79. The SMILES string of the molecule is CCN1C(=O)C(NC(=O)C(=O)NCCN(C)C)c2cc(Br)ccc21. The van der Waals surface area contributed by atoms with E-state index in [1.165, 1.54) is 0 Å². The molecule has 0 saturated carbocycles. The summed E-state index contributed by atoms with van der Waals surface area (Å²) in [6, 6.07) is 4.61. The van der Waals surface area contributed by atoms with Crippen LogP contribution >= 0.6 is 15.9 Å². The third-order valence-electron chi connectivity index (χ3n) is 3.75. The normalized spacial score (nSPS) is 16.3. The molecule has 0 bridgehead atoms. The molecule has 0 aromatic heterocycles. The van der Waals surface area contributed by atoms with Crippen molar-refractivity contribution >= 4 is 39.3 Å². The quantitative estimate of drug-likeness (QED) is 0.715. The Morgan fingerprint density at radius 2 is 2.00 bits per heavy atom. The maximum Gasteiger partial charge on any atom is 0.310 e. The van der Waals surface area contributed by atoms with Gasteiger partial charge in [-0.15, -0.1) is 0 Å². The maximum atomic E-state index is 12.5. The van der Waals surface area contributed by atoms with Crippen molar-refractivity contribution in [2.75, 3.05) is 38.6 Å². The predicted octanol–water partition coefficient (Wildman–Crippen LogP) is 0.651. The lowest BCUT2D eigenvalue weighted by Crippen LogP contribution is -2.45. The van der Waals surface area contributed by atoms with E-state index < -0.39 is 17.9 Å². The number of fused-ring (bicyclic) bond motifs is 1. The van der Waals surface area contributed by atoms with E-state index in [9.17, 15) is 14.4 Å². The molecule has 1 aliphatic heterocycles. The lowest BCUT2D eigenvalue weighted by molar-refractivity contribution is -0.140. The first kappa shape index (κ1) is 18.4. The molecule has 0 fully saturated rings. The van der Waals surface area contributed by atoms with Crippen molar-refractivity contribution in [2.45, 2.75) is 13.0 Å². The van der Waals surface area contributed by atoms with E-state index in [0.29, 0.717) is 25.2 Å². The number of likely N-dealkylation sites (N-methyl/N-ethyl adjacent to an activating group) is 2. The summed E-state index contributed by atoms with van der Waals surface area (Å²) >= 11 is 3.37. The topological polar surface area (TPSA) is 81.8 Å². The minimum absolute atomic E-state index is 0.236. The second-order valence-electron chi connectivity index (χ2n) is 5.75. The summed E-state index contributed by atoms with van der Waals surface area (Å²) in [5.41, 5.74) is 1.44. The molecule has 1 unspecified atom stereocenters. The molecule has 1 heterocycles. The molecule has 0 spiro atoms. The Kier molecular flexibility index (Phi) is 5.95. The summed E-state index contributed by atoms with van der Waals surface area (Å²) in [4.78, 5) is 40.0. The highest BCUT2D eigenvalue weighted by molar-refractivity contribution is 9.10. The van der Waals surface area contributed by atoms with Gasteiger partial charge in [-0.05, 0) is 39.2 Å². The standard InChI is InChI=1S/C16H21BrN4O3/c1-4-21-12-6-5-10(17)9-11(12)13(16(21)24)19-15(23)14(22)18-7-8-20(2)3/h5-6,9,13H,4,7-8H2,1-3H3,(H,18,22)(H,19,23). The number of benzene rings is 1. The average molecular weight is 397 g/mol. The van der Waals surface area contributed by atoms with Crippen molar-refractivity contribution in [2.24, 2.45) is 0 Å². The van der Waals surface area contributed by atoms with Gasteiger partial charge in [-0.1, -0.05) is 15.9 Å². The van der Waals surface area contributed by atoms with Gasteiger partial charge in [0, 0.05) is 35.4 Å². The van der Waals surface area contributed by atoms with Crippen LogP contribution in [0.3, 0.4) is 0 Å². The molecule has 2 N–H and O–H groups in total. The first-order chi connectivity index (χ1) is 11.3. The molecule has 130 valence electrons. The van der Waals surface area contributed by atoms with Crippen LogP contribution < -0.4 is 15.5 Å². The van der Waals surface area contributed by atoms with E-state index in [1.807, 2.05) is 38.1 Å². The van der Waals surface area contributed by atoms with E-state index in [-0.39, 0.29) is 5.91 Å². The third kappa shape index (κ3) is 3.93. The molecule has 1 aromatic rings. The molecule has 0 aliphatic carbocycles. The number of hydrogen-bond acceptors (Lipinski definition) is 4. The molecule has 1 atom stereocenters. The highest BCUT2D eigenvalue weighted by Crippen LogP contribution is 2.37. The molecule has 1 aromatic carbocycles. The van der Waals surface area contributed by atoms with Crippen molar-refractivity contribution in [3.8, 4) is 0 Å². The smallest absolute Gasteiger partial charge is 0.310 e. The Morgan fingerprint density at radius 1 is 1.29 bits per heavy atom. The molecule has 0 saturated heterocycles. The van der Waals surface area contributed by atoms with Crippen LogP contribution in [0.5, 0.6) is 0 Å². The molecule has 24 heavy (non-hydrogen) atoms.